The highest BCUT2D eigenvalue weighted by molar-refractivity contribution is 5.81. The monoisotopic (exact) mass is 326 g/mol. The van der Waals surface area contributed by atoms with Gasteiger partial charge in [-0.05, 0) is 66.8 Å². The summed E-state index contributed by atoms with van der Waals surface area (Å²) in [5, 5.41) is 15.2. The first-order valence-corrected chi connectivity index (χ1v) is 8.71. The minimum absolute atomic E-state index is 0.177. The molecule has 24 heavy (non-hydrogen) atoms. The fourth-order valence-corrected chi connectivity index (χ4v) is 3.12. The SMILES string of the molecule is O=C(CNc1ccc(-c2nnnn2C2CC2)cc1)N1CCCCC1. The summed E-state index contributed by atoms with van der Waals surface area (Å²) in [6, 6.07) is 8.40. The van der Waals surface area contributed by atoms with Crippen LogP contribution in [0.4, 0.5) is 5.69 Å². The largest absolute Gasteiger partial charge is 0.376 e. The fourth-order valence-electron chi connectivity index (χ4n) is 3.12. The van der Waals surface area contributed by atoms with Crippen LogP contribution in [0.25, 0.3) is 11.4 Å². The molecule has 1 N–H and O–H groups in total. The second-order valence-electron chi connectivity index (χ2n) is 6.55. The van der Waals surface area contributed by atoms with Crippen LogP contribution in [0, 0.1) is 0 Å². The Labute approximate surface area is 141 Å². The third kappa shape index (κ3) is 3.25. The molecule has 1 aromatic heterocycles. The molecule has 1 saturated heterocycles. The standard InChI is InChI=1S/C17H22N6O/c24-16(22-10-2-1-3-11-22)12-18-14-6-4-13(5-7-14)17-19-20-21-23(17)15-8-9-15/h4-7,15,18H,1-3,8-12H2. The molecule has 1 aliphatic heterocycles. The van der Waals surface area contributed by atoms with Crippen LogP contribution in [0.15, 0.2) is 24.3 Å². The number of piperidine rings is 1. The maximum Gasteiger partial charge on any atom is 0.241 e. The topological polar surface area (TPSA) is 75.9 Å². The molecule has 0 radical (unpaired) electrons. The maximum atomic E-state index is 12.2. The average Bonchev–Trinajstić information content (AvgIpc) is 3.37. The van der Waals surface area contributed by atoms with Crippen molar-refractivity contribution >= 4 is 11.6 Å². The second kappa shape index (κ2) is 6.59. The predicted molar refractivity (Wildman–Crippen MR) is 90.4 cm³/mol. The molecule has 2 aromatic rings. The molecule has 1 amide bonds. The molecule has 0 spiro atoms. The first-order valence-electron chi connectivity index (χ1n) is 8.71. The summed E-state index contributed by atoms with van der Waals surface area (Å²) in [5.74, 6) is 0.991. The van der Waals surface area contributed by atoms with Crippen molar-refractivity contribution in [3.05, 3.63) is 24.3 Å². The fraction of sp³-hybridized carbons (Fsp3) is 0.529. The van der Waals surface area contributed by atoms with Crippen LogP contribution in [0.3, 0.4) is 0 Å². The number of hydrogen-bond donors (Lipinski definition) is 1. The van der Waals surface area contributed by atoms with E-state index in [4.69, 9.17) is 0 Å². The van der Waals surface area contributed by atoms with Gasteiger partial charge in [0, 0.05) is 24.3 Å². The zero-order valence-electron chi connectivity index (χ0n) is 13.7. The summed E-state index contributed by atoms with van der Waals surface area (Å²) in [6.07, 6.45) is 5.78. The van der Waals surface area contributed by atoms with Crippen molar-refractivity contribution in [3.63, 3.8) is 0 Å². The van der Waals surface area contributed by atoms with Crippen LogP contribution in [0.5, 0.6) is 0 Å². The van der Waals surface area contributed by atoms with Gasteiger partial charge in [0.1, 0.15) is 0 Å². The molecule has 1 aromatic carbocycles. The van der Waals surface area contributed by atoms with Crippen LogP contribution in [-0.4, -0.2) is 50.6 Å². The van der Waals surface area contributed by atoms with E-state index in [0.717, 1.165) is 55.8 Å². The third-order valence-electron chi connectivity index (χ3n) is 4.68. The van der Waals surface area contributed by atoms with Gasteiger partial charge in [0.2, 0.25) is 5.91 Å². The number of nitrogens with zero attached hydrogens (tertiary/aromatic N) is 5. The van der Waals surface area contributed by atoms with Crippen molar-refractivity contribution in [1.82, 2.24) is 25.1 Å². The molecule has 0 bridgehead atoms. The van der Waals surface area contributed by atoms with Gasteiger partial charge in [-0.2, -0.15) is 0 Å². The number of carbonyl (C=O) groups excluding carboxylic acids is 1. The Morgan fingerprint density at radius 1 is 1.12 bits per heavy atom. The van der Waals surface area contributed by atoms with E-state index in [-0.39, 0.29) is 5.91 Å². The number of aromatic nitrogens is 4. The number of benzene rings is 1. The molecule has 0 atom stereocenters. The van der Waals surface area contributed by atoms with Crippen LogP contribution >= 0.6 is 0 Å². The summed E-state index contributed by atoms with van der Waals surface area (Å²) >= 11 is 0. The first-order chi connectivity index (χ1) is 11.8. The first kappa shape index (κ1) is 15.1. The van der Waals surface area contributed by atoms with Crippen molar-refractivity contribution in [1.29, 1.82) is 0 Å². The lowest BCUT2D eigenvalue weighted by molar-refractivity contribution is -0.130. The van der Waals surface area contributed by atoms with E-state index >= 15 is 0 Å². The molecule has 126 valence electrons. The highest BCUT2D eigenvalue weighted by Crippen LogP contribution is 2.36. The number of likely N-dealkylation sites (tertiary alicyclic amines) is 1. The highest BCUT2D eigenvalue weighted by Gasteiger charge is 2.28. The molecule has 1 aliphatic carbocycles. The average molecular weight is 326 g/mol. The number of rotatable bonds is 5. The summed E-state index contributed by atoms with van der Waals surface area (Å²) in [7, 11) is 0. The van der Waals surface area contributed by atoms with Gasteiger partial charge in [-0.3, -0.25) is 4.79 Å². The molecule has 2 heterocycles. The van der Waals surface area contributed by atoms with E-state index in [1.165, 1.54) is 6.42 Å². The van der Waals surface area contributed by atoms with E-state index in [0.29, 0.717) is 12.6 Å². The van der Waals surface area contributed by atoms with Gasteiger partial charge in [0.25, 0.3) is 0 Å². The lowest BCUT2D eigenvalue weighted by Crippen LogP contribution is -2.39. The Kier molecular flexibility index (Phi) is 4.15. The zero-order chi connectivity index (χ0) is 16.4. The Morgan fingerprint density at radius 3 is 2.58 bits per heavy atom. The Morgan fingerprint density at radius 2 is 1.88 bits per heavy atom. The van der Waals surface area contributed by atoms with E-state index in [2.05, 4.69) is 20.8 Å². The summed E-state index contributed by atoms with van der Waals surface area (Å²) in [4.78, 5) is 14.1. The van der Waals surface area contributed by atoms with Crippen LogP contribution in [0.1, 0.15) is 38.1 Å². The molecular formula is C17H22N6O. The van der Waals surface area contributed by atoms with Crippen molar-refractivity contribution in [3.8, 4) is 11.4 Å². The second-order valence-corrected chi connectivity index (χ2v) is 6.55. The maximum absolute atomic E-state index is 12.2. The van der Waals surface area contributed by atoms with Crippen LogP contribution < -0.4 is 5.32 Å². The zero-order valence-corrected chi connectivity index (χ0v) is 13.7. The lowest BCUT2D eigenvalue weighted by atomic mass is 10.1. The normalized spacial score (nSPS) is 17.8. The Hall–Kier alpha value is -2.44. The van der Waals surface area contributed by atoms with Crippen LogP contribution in [0.2, 0.25) is 0 Å². The number of tetrazole rings is 1. The van der Waals surface area contributed by atoms with Crippen molar-refractivity contribution < 1.29 is 4.79 Å². The van der Waals surface area contributed by atoms with Gasteiger partial charge >= 0.3 is 0 Å². The quantitative estimate of drug-likeness (QED) is 0.910. The van der Waals surface area contributed by atoms with E-state index in [9.17, 15) is 4.79 Å². The van der Waals surface area contributed by atoms with Gasteiger partial charge in [0.05, 0.1) is 12.6 Å². The van der Waals surface area contributed by atoms with Crippen molar-refractivity contribution in [2.75, 3.05) is 25.0 Å². The van der Waals surface area contributed by atoms with E-state index in [1.54, 1.807) is 0 Å². The number of nitrogens with one attached hydrogen (secondary N) is 1. The van der Waals surface area contributed by atoms with Crippen molar-refractivity contribution in [2.45, 2.75) is 38.1 Å². The molecule has 2 fully saturated rings. The Bertz CT molecular complexity index is 700. The minimum Gasteiger partial charge on any atom is -0.376 e. The number of hydrogen-bond acceptors (Lipinski definition) is 5. The minimum atomic E-state index is 0.177. The molecule has 7 nitrogen and oxygen atoms in total. The molecule has 0 unspecified atom stereocenters. The number of carbonyl (C=O) groups is 1. The number of anilines is 1. The van der Waals surface area contributed by atoms with Gasteiger partial charge in [-0.1, -0.05) is 0 Å². The molecule has 7 heteroatoms. The molecular weight excluding hydrogens is 304 g/mol. The highest BCUT2D eigenvalue weighted by atomic mass is 16.2. The number of amides is 1. The summed E-state index contributed by atoms with van der Waals surface area (Å²) < 4.78 is 1.91. The van der Waals surface area contributed by atoms with Gasteiger partial charge < -0.3 is 10.2 Å². The van der Waals surface area contributed by atoms with Crippen LogP contribution in [-0.2, 0) is 4.79 Å². The van der Waals surface area contributed by atoms with Gasteiger partial charge in [-0.15, -0.1) is 5.10 Å². The smallest absolute Gasteiger partial charge is 0.241 e. The molecule has 1 saturated carbocycles. The third-order valence-corrected chi connectivity index (χ3v) is 4.68. The molecule has 4 rings (SSSR count). The van der Waals surface area contributed by atoms with Gasteiger partial charge in [-0.25, -0.2) is 4.68 Å². The molecule has 2 aliphatic rings. The lowest BCUT2D eigenvalue weighted by Gasteiger charge is -2.26. The summed E-state index contributed by atoms with van der Waals surface area (Å²) in [6.45, 7) is 2.13. The predicted octanol–water partition coefficient (Wildman–Crippen LogP) is 2.10. The van der Waals surface area contributed by atoms with E-state index in [1.807, 2.05) is 33.8 Å². The van der Waals surface area contributed by atoms with E-state index < -0.39 is 0 Å². The van der Waals surface area contributed by atoms with Crippen molar-refractivity contribution in [2.24, 2.45) is 0 Å². The summed E-state index contributed by atoms with van der Waals surface area (Å²) in [5.41, 5.74) is 1.94. The Balaban J connectivity index is 1.37. The van der Waals surface area contributed by atoms with Gasteiger partial charge in [0.15, 0.2) is 5.82 Å².